The van der Waals surface area contributed by atoms with E-state index in [2.05, 4.69) is 15.6 Å². The van der Waals surface area contributed by atoms with Crippen molar-refractivity contribution in [2.24, 2.45) is 0 Å². The molecule has 1 aromatic carbocycles. The van der Waals surface area contributed by atoms with Gasteiger partial charge in [0.15, 0.2) is 5.58 Å². The first kappa shape index (κ1) is 14.2. The number of hydrogen-bond acceptors (Lipinski definition) is 6. The van der Waals surface area contributed by atoms with Gasteiger partial charge in [-0.25, -0.2) is 9.78 Å². The normalized spacial score (nSPS) is 12.1. The Morgan fingerprint density at radius 2 is 2.20 bits per heavy atom. The number of rotatable bonds is 3. The van der Waals surface area contributed by atoms with E-state index < -0.39 is 17.2 Å². The number of fused-ring (bicyclic) bond motifs is 1. The fourth-order valence-corrected chi connectivity index (χ4v) is 2.21. The highest BCUT2D eigenvalue weighted by atomic mass is 32.2. The van der Waals surface area contributed by atoms with Crippen LogP contribution < -0.4 is 16.4 Å². The number of carbonyl (C=O) groups excluding carboxylic acids is 2. The highest BCUT2D eigenvalue weighted by Crippen LogP contribution is 2.27. The number of thioether (sulfide) groups is 1. The van der Waals surface area contributed by atoms with Crippen LogP contribution in [0.1, 0.15) is 6.92 Å². The molecule has 0 aliphatic rings. The van der Waals surface area contributed by atoms with Crippen LogP contribution in [-0.2, 0) is 4.79 Å². The third-order valence-corrected chi connectivity index (χ3v) is 3.45. The molecule has 4 N–H and O–H groups in total. The monoisotopic (exact) mass is 294 g/mol. The Labute approximate surface area is 119 Å². The second kappa shape index (κ2) is 5.83. The van der Waals surface area contributed by atoms with Gasteiger partial charge in [0.05, 0.1) is 5.25 Å². The molecule has 106 valence electrons. The fraction of sp³-hybridized carbons (Fsp3) is 0.250. The van der Waals surface area contributed by atoms with Crippen molar-refractivity contribution < 1.29 is 14.0 Å². The molecule has 20 heavy (non-hydrogen) atoms. The number of imide groups is 1. The first-order valence-electron chi connectivity index (χ1n) is 5.85. The standard InChI is InChI=1S/C12H14N4O3S/c1-6(10(17)16-11(18)14-2)20-12-15-8-5-7(13)3-4-9(8)19-12/h3-6H,13H2,1-2H3,(H2,14,16,17,18). The van der Waals surface area contributed by atoms with Gasteiger partial charge in [-0.15, -0.1) is 0 Å². The third-order valence-electron chi connectivity index (χ3n) is 2.50. The number of nitrogen functional groups attached to an aromatic ring is 1. The Morgan fingerprint density at radius 3 is 2.90 bits per heavy atom. The highest BCUT2D eigenvalue weighted by molar-refractivity contribution is 8.00. The molecule has 2 rings (SSSR count). The molecule has 0 aliphatic heterocycles. The number of urea groups is 1. The maximum absolute atomic E-state index is 11.7. The van der Waals surface area contributed by atoms with E-state index in [4.69, 9.17) is 10.2 Å². The molecule has 3 amide bonds. The van der Waals surface area contributed by atoms with Crippen LogP contribution in [0.5, 0.6) is 0 Å². The van der Waals surface area contributed by atoms with Gasteiger partial charge in [0, 0.05) is 12.7 Å². The molecule has 0 saturated heterocycles. The van der Waals surface area contributed by atoms with Crippen molar-refractivity contribution in [1.82, 2.24) is 15.6 Å². The van der Waals surface area contributed by atoms with Crippen LogP contribution in [0, 0.1) is 0 Å². The van der Waals surface area contributed by atoms with Crippen LogP contribution in [0.25, 0.3) is 11.1 Å². The number of aromatic nitrogens is 1. The number of carbonyl (C=O) groups is 2. The quantitative estimate of drug-likeness (QED) is 0.582. The number of hydrogen-bond donors (Lipinski definition) is 3. The van der Waals surface area contributed by atoms with Gasteiger partial charge in [0.1, 0.15) is 5.52 Å². The molecule has 0 bridgehead atoms. The highest BCUT2D eigenvalue weighted by Gasteiger charge is 2.19. The predicted octanol–water partition coefficient (Wildman–Crippen LogP) is 1.35. The Morgan fingerprint density at radius 1 is 1.45 bits per heavy atom. The lowest BCUT2D eigenvalue weighted by Crippen LogP contribution is -2.41. The SMILES string of the molecule is CNC(=O)NC(=O)C(C)Sc1nc2cc(N)ccc2o1. The summed E-state index contributed by atoms with van der Waals surface area (Å²) in [6.07, 6.45) is 0. The molecule has 1 atom stereocenters. The van der Waals surface area contributed by atoms with Crippen molar-refractivity contribution in [1.29, 1.82) is 0 Å². The lowest BCUT2D eigenvalue weighted by Gasteiger charge is -2.08. The first-order chi connectivity index (χ1) is 9.49. The smallest absolute Gasteiger partial charge is 0.321 e. The molecule has 2 aromatic rings. The maximum Gasteiger partial charge on any atom is 0.321 e. The lowest BCUT2D eigenvalue weighted by atomic mass is 10.3. The fourth-order valence-electron chi connectivity index (χ4n) is 1.45. The maximum atomic E-state index is 11.7. The molecule has 1 heterocycles. The number of oxazole rings is 1. The second-order valence-corrected chi connectivity index (χ2v) is 5.33. The second-order valence-electron chi connectivity index (χ2n) is 4.04. The van der Waals surface area contributed by atoms with Gasteiger partial charge in [-0.2, -0.15) is 0 Å². The Hall–Kier alpha value is -2.22. The zero-order chi connectivity index (χ0) is 14.7. The van der Waals surface area contributed by atoms with Gasteiger partial charge in [-0.05, 0) is 25.1 Å². The van der Waals surface area contributed by atoms with Crippen LogP contribution in [0.4, 0.5) is 10.5 Å². The van der Waals surface area contributed by atoms with E-state index in [1.807, 2.05) is 0 Å². The summed E-state index contributed by atoms with van der Waals surface area (Å²) in [6.45, 7) is 1.66. The van der Waals surface area contributed by atoms with E-state index in [1.165, 1.54) is 7.05 Å². The van der Waals surface area contributed by atoms with E-state index in [0.29, 0.717) is 22.0 Å². The number of benzene rings is 1. The lowest BCUT2D eigenvalue weighted by molar-refractivity contribution is -0.119. The Kier molecular flexibility index (Phi) is 4.14. The molecular formula is C12H14N4O3S. The molecule has 1 unspecified atom stereocenters. The molecule has 0 saturated carbocycles. The van der Waals surface area contributed by atoms with Crippen molar-refractivity contribution in [3.63, 3.8) is 0 Å². The minimum atomic E-state index is -0.548. The molecule has 8 heteroatoms. The van der Waals surface area contributed by atoms with Gasteiger partial charge < -0.3 is 15.5 Å². The molecule has 1 aromatic heterocycles. The van der Waals surface area contributed by atoms with Crippen molar-refractivity contribution in [3.8, 4) is 0 Å². The van der Waals surface area contributed by atoms with Crippen molar-refractivity contribution in [2.75, 3.05) is 12.8 Å². The van der Waals surface area contributed by atoms with Crippen LogP contribution in [0.15, 0.2) is 27.8 Å². The minimum Gasteiger partial charge on any atom is -0.431 e. The zero-order valence-corrected chi connectivity index (χ0v) is 11.8. The van der Waals surface area contributed by atoms with Crippen LogP contribution in [0.2, 0.25) is 0 Å². The van der Waals surface area contributed by atoms with Crippen molar-refractivity contribution >= 4 is 40.5 Å². The molecule has 0 radical (unpaired) electrons. The van der Waals surface area contributed by atoms with Gasteiger partial charge in [-0.3, -0.25) is 10.1 Å². The number of anilines is 1. The molecule has 0 fully saturated rings. The van der Waals surface area contributed by atoms with E-state index in [-0.39, 0.29) is 0 Å². The zero-order valence-electron chi connectivity index (χ0n) is 11.0. The summed E-state index contributed by atoms with van der Waals surface area (Å²) in [7, 11) is 1.44. The average molecular weight is 294 g/mol. The minimum absolute atomic E-state index is 0.352. The van der Waals surface area contributed by atoms with E-state index in [0.717, 1.165) is 11.8 Å². The Bertz CT molecular complexity index is 655. The summed E-state index contributed by atoms with van der Waals surface area (Å²) in [5.41, 5.74) is 7.47. The van der Waals surface area contributed by atoms with Crippen LogP contribution >= 0.6 is 11.8 Å². The number of nitrogens with one attached hydrogen (secondary N) is 2. The number of nitrogens with zero attached hydrogens (tertiary/aromatic N) is 1. The summed E-state index contributed by atoms with van der Waals surface area (Å²) in [4.78, 5) is 27.0. The molecule has 0 aliphatic carbocycles. The Balaban J connectivity index is 2.07. The first-order valence-corrected chi connectivity index (χ1v) is 6.73. The summed E-state index contributed by atoms with van der Waals surface area (Å²) in [5.74, 6) is -0.420. The summed E-state index contributed by atoms with van der Waals surface area (Å²) in [5, 5.41) is 4.34. The van der Waals surface area contributed by atoms with E-state index in [1.54, 1.807) is 25.1 Å². The molecule has 0 spiro atoms. The largest absolute Gasteiger partial charge is 0.431 e. The third kappa shape index (κ3) is 3.21. The summed E-state index contributed by atoms with van der Waals surface area (Å²) in [6, 6.07) is 4.58. The predicted molar refractivity (Wildman–Crippen MR) is 76.3 cm³/mol. The molecule has 7 nitrogen and oxygen atoms in total. The van der Waals surface area contributed by atoms with Crippen LogP contribution in [-0.4, -0.2) is 29.2 Å². The number of nitrogens with two attached hydrogens (primary N) is 1. The summed E-state index contributed by atoms with van der Waals surface area (Å²) < 4.78 is 5.49. The van der Waals surface area contributed by atoms with E-state index >= 15 is 0 Å². The summed E-state index contributed by atoms with van der Waals surface area (Å²) >= 11 is 1.13. The van der Waals surface area contributed by atoms with Crippen LogP contribution in [0.3, 0.4) is 0 Å². The van der Waals surface area contributed by atoms with Crippen molar-refractivity contribution in [3.05, 3.63) is 18.2 Å². The van der Waals surface area contributed by atoms with Crippen molar-refractivity contribution in [2.45, 2.75) is 17.4 Å². The van der Waals surface area contributed by atoms with Gasteiger partial charge >= 0.3 is 6.03 Å². The van der Waals surface area contributed by atoms with E-state index in [9.17, 15) is 9.59 Å². The average Bonchev–Trinajstić information content (AvgIpc) is 2.79. The molecular weight excluding hydrogens is 280 g/mol. The topological polar surface area (TPSA) is 110 Å². The number of amides is 3. The van der Waals surface area contributed by atoms with Gasteiger partial charge in [-0.1, -0.05) is 11.8 Å². The van der Waals surface area contributed by atoms with Gasteiger partial charge in [0.2, 0.25) is 5.91 Å². The van der Waals surface area contributed by atoms with Gasteiger partial charge in [0.25, 0.3) is 5.22 Å².